The minimum atomic E-state index is -0.101. The van der Waals surface area contributed by atoms with Gasteiger partial charge in [-0.2, -0.15) is 0 Å². The van der Waals surface area contributed by atoms with Crippen LogP contribution in [0.25, 0.3) is 11.1 Å². The molecule has 0 fully saturated rings. The van der Waals surface area contributed by atoms with Crippen LogP contribution in [-0.4, -0.2) is 21.9 Å². The SMILES string of the molecule is OCCCc1cc(-c2cccc(OCc3ccc(CO)c(CO)c3)c2)cs1. The van der Waals surface area contributed by atoms with Gasteiger partial charge in [-0.05, 0) is 70.3 Å². The number of aliphatic hydroxyl groups is 3. The summed E-state index contributed by atoms with van der Waals surface area (Å²) in [7, 11) is 0. The van der Waals surface area contributed by atoms with Gasteiger partial charge in [-0.3, -0.25) is 0 Å². The molecule has 0 atom stereocenters. The first kappa shape index (κ1) is 19.6. The average Bonchev–Trinajstić information content (AvgIpc) is 3.19. The van der Waals surface area contributed by atoms with E-state index in [9.17, 15) is 10.2 Å². The molecular weight excluding hydrogens is 360 g/mol. The molecule has 3 aromatic rings. The van der Waals surface area contributed by atoms with Crippen LogP contribution in [0.4, 0.5) is 0 Å². The summed E-state index contributed by atoms with van der Waals surface area (Å²) < 4.78 is 5.93. The van der Waals surface area contributed by atoms with Crippen molar-refractivity contribution in [3.8, 4) is 16.9 Å². The minimum absolute atomic E-state index is 0.0833. The van der Waals surface area contributed by atoms with Crippen LogP contribution in [0.3, 0.4) is 0 Å². The Morgan fingerprint density at radius 3 is 2.48 bits per heavy atom. The van der Waals surface area contributed by atoms with Crippen LogP contribution in [0.15, 0.2) is 53.9 Å². The molecule has 0 amide bonds. The molecule has 0 unspecified atom stereocenters. The number of thiophene rings is 1. The second kappa shape index (κ2) is 9.67. The quantitative estimate of drug-likeness (QED) is 0.523. The molecule has 0 saturated heterocycles. The molecule has 3 rings (SSSR count). The molecule has 0 bridgehead atoms. The molecule has 0 radical (unpaired) electrons. The molecule has 0 aliphatic carbocycles. The zero-order valence-electron chi connectivity index (χ0n) is 15.1. The van der Waals surface area contributed by atoms with E-state index in [1.807, 2.05) is 36.4 Å². The molecule has 1 aromatic heterocycles. The van der Waals surface area contributed by atoms with Crippen molar-refractivity contribution in [3.63, 3.8) is 0 Å². The highest BCUT2D eigenvalue weighted by atomic mass is 32.1. The predicted octanol–water partition coefficient (Wildman–Crippen LogP) is 3.90. The lowest BCUT2D eigenvalue weighted by Gasteiger charge is -2.10. The average molecular weight is 384 g/mol. The number of ether oxygens (including phenoxy) is 1. The summed E-state index contributed by atoms with van der Waals surface area (Å²) in [5.74, 6) is 0.785. The maximum absolute atomic E-state index is 9.41. The normalized spacial score (nSPS) is 10.9. The standard InChI is InChI=1S/C22H24O4S/c23-8-2-5-22-11-20(15-27-22)17-3-1-4-21(10-17)26-14-16-6-7-18(12-24)19(9-16)13-25/h1,3-4,6-7,9-11,15,23-25H,2,5,8,12-14H2. The van der Waals surface area contributed by atoms with Gasteiger partial charge in [-0.15, -0.1) is 11.3 Å². The predicted molar refractivity (Wildman–Crippen MR) is 108 cm³/mol. The Balaban J connectivity index is 1.68. The third kappa shape index (κ3) is 5.17. The summed E-state index contributed by atoms with van der Waals surface area (Å²) in [6, 6.07) is 15.7. The molecule has 1 heterocycles. The Kier molecular flexibility index (Phi) is 7.01. The Morgan fingerprint density at radius 1 is 0.852 bits per heavy atom. The van der Waals surface area contributed by atoms with Crippen molar-refractivity contribution in [2.24, 2.45) is 0 Å². The summed E-state index contributed by atoms with van der Waals surface area (Å²) in [5.41, 5.74) is 4.67. The number of hydrogen-bond acceptors (Lipinski definition) is 5. The molecule has 4 nitrogen and oxygen atoms in total. The largest absolute Gasteiger partial charge is 0.489 e. The number of rotatable bonds is 9. The zero-order valence-corrected chi connectivity index (χ0v) is 15.9. The number of aliphatic hydroxyl groups excluding tert-OH is 3. The fraction of sp³-hybridized carbons (Fsp3) is 0.273. The van der Waals surface area contributed by atoms with Gasteiger partial charge in [-0.1, -0.05) is 24.3 Å². The van der Waals surface area contributed by atoms with Crippen LogP contribution in [0, 0.1) is 0 Å². The fourth-order valence-electron chi connectivity index (χ4n) is 2.92. The monoisotopic (exact) mass is 384 g/mol. The Bertz CT molecular complexity index is 872. The van der Waals surface area contributed by atoms with E-state index in [0.717, 1.165) is 46.4 Å². The number of hydrogen-bond donors (Lipinski definition) is 3. The molecule has 3 N–H and O–H groups in total. The van der Waals surface area contributed by atoms with Gasteiger partial charge in [0.2, 0.25) is 0 Å². The van der Waals surface area contributed by atoms with Crippen molar-refractivity contribution >= 4 is 11.3 Å². The summed E-state index contributed by atoms with van der Waals surface area (Å²) >= 11 is 1.71. The lowest BCUT2D eigenvalue weighted by molar-refractivity contribution is 0.259. The lowest BCUT2D eigenvalue weighted by atomic mass is 10.1. The van der Waals surface area contributed by atoms with Crippen LogP contribution >= 0.6 is 11.3 Å². The third-order valence-corrected chi connectivity index (χ3v) is 5.42. The first-order chi connectivity index (χ1) is 13.2. The van der Waals surface area contributed by atoms with E-state index in [4.69, 9.17) is 9.84 Å². The third-order valence-electron chi connectivity index (χ3n) is 4.42. The maximum Gasteiger partial charge on any atom is 0.120 e. The second-order valence-electron chi connectivity index (χ2n) is 6.36. The molecule has 27 heavy (non-hydrogen) atoms. The van der Waals surface area contributed by atoms with Crippen molar-refractivity contribution in [1.82, 2.24) is 0 Å². The topological polar surface area (TPSA) is 69.9 Å². The van der Waals surface area contributed by atoms with Gasteiger partial charge in [-0.25, -0.2) is 0 Å². The molecule has 5 heteroatoms. The zero-order chi connectivity index (χ0) is 19.1. The Hall–Kier alpha value is -2.18. The Labute approximate surface area is 163 Å². The van der Waals surface area contributed by atoms with Gasteiger partial charge in [0.15, 0.2) is 0 Å². The van der Waals surface area contributed by atoms with E-state index in [2.05, 4.69) is 17.5 Å². The lowest BCUT2D eigenvalue weighted by Crippen LogP contribution is -2.00. The summed E-state index contributed by atoms with van der Waals surface area (Å²) in [4.78, 5) is 1.27. The van der Waals surface area contributed by atoms with Crippen molar-refractivity contribution in [1.29, 1.82) is 0 Å². The first-order valence-corrected chi connectivity index (χ1v) is 9.85. The van der Waals surface area contributed by atoms with Crippen LogP contribution < -0.4 is 4.74 Å². The molecule has 0 aliphatic heterocycles. The van der Waals surface area contributed by atoms with Crippen LogP contribution in [0.5, 0.6) is 5.75 Å². The molecular formula is C22H24O4S. The summed E-state index contributed by atoms with van der Waals surface area (Å²) in [6.07, 6.45) is 1.68. The maximum atomic E-state index is 9.41. The van der Waals surface area contributed by atoms with Gasteiger partial charge in [0.25, 0.3) is 0 Å². The van der Waals surface area contributed by atoms with Gasteiger partial charge < -0.3 is 20.1 Å². The highest BCUT2D eigenvalue weighted by Crippen LogP contribution is 2.29. The first-order valence-electron chi connectivity index (χ1n) is 8.97. The second-order valence-corrected chi connectivity index (χ2v) is 7.36. The van der Waals surface area contributed by atoms with Crippen molar-refractivity contribution in [2.75, 3.05) is 6.61 Å². The van der Waals surface area contributed by atoms with E-state index in [1.54, 1.807) is 11.3 Å². The highest BCUT2D eigenvalue weighted by molar-refractivity contribution is 7.10. The van der Waals surface area contributed by atoms with Crippen molar-refractivity contribution in [2.45, 2.75) is 32.7 Å². The molecule has 2 aromatic carbocycles. The molecule has 0 aliphatic rings. The fourth-order valence-corrected chi connectivity index (χ4v) is 3.86. The number of benzene rings is 2. The van der Waals surface area contributed by atoms with E-state index >= 15 is 0 Å². The van der Waals surface area contributed by atoms with E-state index < -0.39 is 0 Å². The molecule has 0 spiro atoms. The van der Waals surface area contributed by atoms with E-state index in [1.165, 1.54) is 4.88 Å². The van der Waals surface area contributed by atoms with Crippen LogP contribution in [0.1, 0.15) is 28.0 Å². The van der Waals surface area contributed by atoms with Gasteiger partial charge >= 0.3 is 0 Å². The van der Waals surface area contributed by atoms with Crippen molar-refractivity contribution < 1.29 is 20.1 Å². The van der Waals surface area contributed by atoms with E-state index in [-0.39, 0.29) is 19.8 Å². The number of aryl methyl sites for hydroxylation is 1. The van der Waals surface area contributed by atoms with Crippen LogP contribution in [0.2, 0.25) is 0 Å². The van der Waals surface area contributed by atoms with Crippen molar-refractivity contribution in [3.05, 3.63) is 75.5 Å². The molecule has 142 valence electrons. The molecule has 0 saturated carbocycles. The summed E-state index contributed by atoms with van der Waals surface area (Å²) in [6.45, 7) is 0.428. The smallest absolute Gasteiger partial charge is 0.120 e. The van der Waals surface area contributed by atoms with E-state index in [0.29, 0.717) is 6.61 Å². The van der Waals surface area contributed by atoms with Gasteiger partial charge in [0, 0.05) is 11.5 Å². The minimum Gasteiger partial charge on any atom is -0.489 e. The van der Waals surface area contributed by atoms with Gasteiger partial charge in [0.1, 0.15) is 12.4 Å². The Morgan fingerprint density at radius 2 is 1.70 bits per heavy atom. The summed E-state index contributed by atoms with van der Waals surface area (Å²) in [5, 5.41) is 29.8. The highest BCUT2D eigenvalue weighted by Gasteiger charge is 2.06. The van der Waals surface area contributed by atoms with Crippen LogP contribution in [-0.2, 0) is 26.2 Å². The van der Waals surface area contributed by atoms with Gasteiger partial charge in [0.05, 0.1) is 13.2 Å².